The molecule has 0 aliphatic carbocycles. The van der Waals surface area contributed by atoms with Crippen molar-refractivity contribution in [2.45, 2.75) is 26.3 Å². The van der Waals surface area contributed by atoms with Gasteiger partial charge in [-0.1, -0.05) is 29.8 Å². The van der Waals surface area contributed by atoms with E-state index in [9.17, 15) is 4.79 Å². The van der Waals surface area contributed by atoms with E-state index in [0.29, 0.717) is 12.1 Å². The highest BCUT2D eigenvalue weighted by Crippen LogP contribution is 2.21. The molecule has 0 spiro atoms. The highest BCUT2D eigenvalue weighted by atomic mass is 16.5. The lowest BCUT2D eigenvalue weighted by Gasteiger charge is -2.15. The first-order valence-electron chi connectivity index (χ1n) is 10.7. The van der Waals surface area contributed by atoms with Crippen LogP contribution in [0.15, 0.2) is 60.3 Å². The lowest BCUT2D eigenvalue weighted by Crippen LogP contribution is -2.18. The summed E-state index contributed by atoms with van der Waals surface area (Å²) in [5.41, 5.74) is 7.55. The summed E-state index contributed by atoms with van der Waals surface area (Å²) in [6.07, 6.45) is 6.55. The lowest BCUT2D eigenvalue weighted by atomic mass is 10.1. The summed E-state index contributed by atoms with van der Waals surface area (Å²) >= 11 is 0. The van der Waals surface area contributed by atoms with Crippen LogP contribution in [0.3, 0.4) is 0 Å². The number of carbonyl (C=O) groups excluding carboxylic acids is 1. The molecule has 1 fully saturated rings. The summed E-state index contributed by atoms with van der Waals surface area (Å²) in [7, 11) is 0. The molecule has 0 bridgehead atoms. The van der Waals surface area contributed by atoms with Gasteiger partial charge < -0.3 is 5.32 Å². The molecule has 160 valence electrons. The number of likely N-dealkylation sites (tertiary alicyclic amines) is 1. The molecule has 3 aromatic rings. The quantitative estimate of drug-likeness (QED) is 0.391. The van der Waals surface area contributed by atoms with E-state index >= 15 is 0 Å². The van der Waals surface area contributed by atoms with Gasteiger partial charge in [-0.25, -0.2) is 5.48 Å². The summed E-state index contributed by atoms with van der Waals surface area (Å²) in [5.74, 6) is -0.513. The van der Waals surface area contributed by atoms with Crippen LogP contribution in [-0.2, 0) is 6.54 Å². The molecule has 1 saturated heterocycles. The Labute approximate surface area is 182 Å². The van der Waals surface area contributed by atoms with Crippen molar-refractivity contribution in [2.75, 3.05) is 25.0 Å². The smallest absolute Gasteiger partial charge is 0.274 e. The minimum Gasteiger partial charge on any atom is -0.380 e. The van der Waals surface area contributed by atoms with Crippen LogP contribution in [0.1, 0.15) is 41.3 Å². The highest BCUT2D eigenvalue weighted by Gasteiger charge is 2.12. The van der Waals surface area contributed by atoms with E-state index in [1.807, 2.05) is 18.3 Å². The van der Waals surface area contributed by atoms with Gasteiger partial charge in [-0.3, -0.25) is 19.9 Å². The molecule has 6 nitrogen and oxygen atoms in total. The van der Waals surface area contributed by atoms with Gasteiger partial charge in [0.2, 0.25) is 0 Å². The normalized spacial score (nSPS) is 14.7. The third-order valence-electron chi connectivity index (χ3n) is 5.61. The Morgan fingerprint density at radius 3 is 2.65 bits per heavy atom. The standard InChI is InChI=1S/C25H28N4O2/c1-18(12-19-4-7-21(8-5-19)25(30)28-31)15-26-23-14-22-13-20(6-9-24(22)27-16-23)17-29-10-2-3-11-29/h4-9,12-14,16,26,31H,2-3,10-11,15,17H2,1H3,(H,28,30). The van der Waals surface area contributed by atoms with Gasteiger partial charge in [0.05, 0.1) is 17.4 Å². The SMILES string of the molecule is CC(=Cc1ccc(C(=O)NO)cc1)CNc1cnc2ccc(CN3CCCC3)cc2c1. The molecule has 1 aromatic heterocycles. The number of rotatable bonds is 7. The fourth-order valence-electron chi connectivity index (χ4n) is 3.95. The first kappa shape index (κ1) is 21.0. The number of pyridine rings is 1. The predicted octanol–water partition coefficient (Wildman–Crippen LogP) is 4.47. The van der Waals surface area contributed by atoms with Crippen molar-refractivity contribution < 1.29 is 10.0 Å². The second-order valence-corrected chi connectivity index (χ2v) is 8.14. The van der Waals surface area contributed by atoms with E-state index in [1.54, 1.807) is 17.6 Å². The van der Waals surface area contributed by atoms with E-state index in [4.69, 9.17) is 5.21 Å². The van der Waals surface area contributed by atoms with Crippen LogP contribution in [0.25, 0.3) is 17.0 Å². The van der Waals surface area contributed by atoms with Crippen LogP contribution in [0.5, 0.6) is 0 Å². The highest BCUT2D eigenvalue weighted by molar-refractivity contribution is 5.93. The number of anilines is 1. The fraction of sp³-hybridized carbons (Fsp3) is 0.280. The third kappa shape index (κ3) is 5.48. The van der Waals surface area contributed by atoms with Crippen molar-refractivity contribution in [3.05, 3.63) is 77.0 Å². The molecular weight excluding hydrogens is 388 g/mol. The van der Waals surface area contributed by atoms with Crippen LogP contribution < -0.4 is 10.8 Å². The summed E-state index contributed by atoms with van der Waals surface area (Å²) in [5, 5.41) is 13.3. The maximum Gasteiger partial charge on any atom is 0.274 e. The largest absolute Gasteiger partial charge is 0.380 e. The topological polar surface area (TPSA) is 77.5 Å². The number of aromatic nitrogens is 1. The van der Waals surface area contributed by atoms with Crippen LogP contribution >= 0.6 is 0 Å². The van der Waals surface area contributed by atoms with Gasteiger partial charge in [-0.2, -0.15) is 0 Å². The van der Waals surface area contributed by atoms with Gasteiger partial charge in [-0.05, 0) is 74.3 Å². The number of amides is 1. The van der Waals surface area contributed by atoms with E-state index in [1.165, 1.54) is 31.5 Å². The molecule has 6 heteroatoms. The molecule has 1 amide bonds. The Hall–Kier alpha value is -3.22. The number of benzene rings is 2. The number of fused-ring (bicyclic) bond motifs is 1. The maximum atomic E-state index is 11.4. The van der Waals surface area contributed by atoms with Crippen molar-refractivity contribution in [2.24, 2.45) is 0 Å². The Balaban J connectivity index is 1.40. The molecule has 2 heterocycles. The number of nitrogens with one attached hydrogen (secondary N) is 2. The van der Waals surface area contributed by atoms with Crippen LogP contribution in [0.2, 0.25) is 0 Å². The van der Waals surface area contributed by atoms with Gasteiger partial charge in [0.1, 0.15) is 0 Å². The summed E-state index contributed by atoms with van der Waals surface area (Å²) in [4.78, 5) is 18.5. The Kier molecular flexibility index (Phi) is 6.60. The van der Waals surface area contributed by atoms with Crippen molar-refractivity contribution in [1.29, 1.82) is 0 Å². The van der Waals surface area contributed by atoms with Gasteiger partial charge in [-0.15, -0.1) is 0 Å². The molecule has 0 saturated carbocycles. The van der Waals surface area contributed by atoms with Gasteiger partial charge in [0, 0.05) is 24.0 Å². The van der Waals surface area contributed by atoms with E-state index in [-0.39, 0.29) is 0 Å². The Morgan fingerprint density at radius 1 is 1.13 bits per heavy atom. The first-order chi connectivity index (χ1) is 15.1. The van der Waals surface area contributed by atoms with Crippen LogP contribution in [0.4, 0.5) is 5.69 Å². The molecule has 0 radical (unpaired) electrons. The monoisotopic (exact) mass is 416 g/mol. The number of carbonyl (C=O) groups is 1. The molecule has 0 atom stereocenters. The van der Waals surface area contributed by atoms with Gasteiger partial charge in [0.25, 0.3) is 5.91 Å². The van der Waals surface area contributed by atoms with Gasteiger partial charge in [0.15, 0.2) is 0 Å². The third-order valence-corrected chi connectivity index (χ3v) is 5.61. The number of hydrogen-bond acceptors (Lipinski definition) is 5. The molecule has 4 rings (SSSR count). The van der Waals surface area contributed by atoms with E-state index < -0.39 is 5.91 Å². The first-order valence-corrected chi connectivity index (χ1v) is 10.7. The molecule has 0 unspecified atom stereocenters. The van der Waals surface area contributed by atoms with Crippen molar-refractivity contribution in [3.63, 3.8) is 0 Å². The summed E-state index contributed by atoms with van der Waals surface area (Å²) in [6.45, 7) is 6.15. The van der Waals surface area contributed by atoms with Crippen LogP contribution in [-0.4, -0.2) is 40.6 Å². The fourth-order valence-corrected chi connectivity index (χ4v) is 3.95. The summed E-state index contributed by atoms with van der Waals surface area (Å²) < 4.78 is 0. The second kappa shape index (κ2) is 9.73. The summed E-state index contributed by atoms with van der Waals surface area (Å²) in [6, 6.07) is 15.8. The Morgan fingerprint density at radius 2 is 1.90 bits per heavy atom. The molecule has 2 aromatic carbocycles. The minimum absolute atomic E-state index is 0.418. The average molecular weight is 417 g/mol. The second-order valence-electron chi connectivity index (χ2n) is 8.14. The molecule has 3 N–H and O–H groups in total. The van der Waals surface area contributed by atoms with Crippen molar-refractivity contribution in [3.8, 4) is 0 Å². The lowest BCUT2D eigenvalue weighted by molar-refractivity contribution is 0.0706. The number of hydrogen-bond donors (Lipinski definition) is 3. The predicted molar refractivity (Wildman–Crippen MR) is 124 cm³/mol. The molecule has 1 aliphatic heterocycles. The van der Waals surface area contributed by atoms with Crippen LogP contribution in [0, 0.1) is 0 Å². The molecular formula is C25H28N4O2. The average Bonchev–Trinajstić information content (AvgIpc) is 3.30. The number of hydroxylamine groups is 1. The Bertz CT molecular complexity index is 1090. The van der Waals surface area contributed by atoms with Crippen molar-refractivity contribution >= 4 is 28.6 Å². The number of nitrogens with zero attached hydrogens (tertiary/aromatic N) is 2. The molecule has 1 aliphatic rings. The van der Waals surface area contributed by atoms with E-state index in [0.717, 1.165) is 34.3 Å². The van der Waals surface area contributed by atoms with Gasteiger partial charge >= 0.3 is 0 Å². The zero-order valence-electron chi connectivity index (χ0n) is 17.8. The zero-order valence-corrected chi connectivity index (χ0v) is 17.8. The minimum atomic E-state index is -0.513. The zero-order chi connectivity index (χ0) is 21.6. The van der Waals surface area contributed by atoms with Crippen molar-refractivity contribution in [1.82, 2.24) is 15.4 Å². The van der Waals surface area contributed by atoms with E-state index in [2.05, 4.69) is 52.5 Å². The maximum absolute atomic E-state index is 11.4. The molecule has 31 heavy (non-hydrogen) atoms.